The molecule has 1 fully saturated rings. The van der Waals surface area contributed by atoms with E-state index in [2.05, 4.69) is 40.6 Å². The summed E-state index contributed by atoms with van der Waals surface area (Å²) >= 11 is 0. The first-order valence-electron chi connectivity index (χ1n) is 14.5. The molecule has 44 heavy (non-hydrogen) atoms. The highest BCUT2D eigenvalue weighted by atomic mass is 16.5. The van der Waals surface area contributed by atoms with Gasteiger partial charge in [-0.25, -0.2) is 19.9 Å². The number of fused-ring (bicyclic) bond motifs is 1. The van der Waals surface area contributed by atoms with Crippen molar-refractivity contribution < 1.29 is 9.53 Å². The van der Waals surface area contributed by atoms with Crippen LogP contribution in [0.5, 0.6) is 5.88 Å². The number of methoxy groups -OCH3 is 1. The van der Waals surface area contributed by atoms with Crippen molar-refractivity contribution in [3.63, 3.8) is 0 Å². The van der Waals surface area contributed by atoms with E-state index >= 15 is 0 Å². The van der Waals surface area contributed by atoms with Crippen molar-refractivity contribution in [1.29, 1.82) is 0 Å². The van der Waals surface area contributed by atoms with Gasteiger partial charge >= 0.3 is 0 Å². The Balaban J connectivity index is 0.000000296. The topological polar surface area (TPSA) is 142 Å². The molecule has 4 aromatic heterocycles. The number of para-hydroxylation sites is 1. The van der Waals surface area contributed by atoms with Crippen molar-refractivity contribution in [2.24, 2.45) is 7.05 Å². The smallest absolute Gasteiger partial charge is 0.238 e. The van der Waals surface area contributed by atoms with Gasteiger partial charge in [0.15, 0.2) is 5.82 Å². The van der Waals surface area contributed by atoms with Gasteiger partial charge in [0.05, 0.1) is 30.6 Å². The Morgan fingerprint density at radius 1 is 1.11 bits per heavy atom. The maximum atomic E-state index is 12.6. The first-order valence-corrected chi connectivity index (χ1v) is 14.5. The summed E-state index contributed by atoms with van der Waals surface area (Å²) in [6, 6.07) is 9.64. The molecule has 0 bridgehead atoms. The van der Waals surface area contributed by atoms with Crippen LogP contribution in [0.15, 0.2) is 49.1 Å². The molecule has 13 nitrogen and oxygen atoms in total. The van der Waals surface area contributed by atoms with Crippen molar-refractivity contribution in [3.8, 4) is 17.1 Å². The second kappa shape index (κ2) is 13.5. The highest BCUT2D eigenvalue weighted by Gasteiger charge is 2.18. The van der Waals surface area contributed by atoms with Gasteiger partial charge in [-0.2, -0.15) is 5.10 Å². The number of nitrogens with zero attached hydrogens (tertiary/aromatic N) is 8. The number of H-pyrrole nitrogens is 1. The predicted octanol–water partition coefficient (Wildman–Crippen LogP) is 4.30. The number of likely N-dealkylation sites (tertiary alicyclic amines) is 1. The fraction of sp³-hybridized carbons (Fsp3) is 0.355. The van der Waals surface area contributed by atoms with Gasteiger partial charge in [0.2, 0.25) is 17.7 Å². The predicted molar refractivity (Wildman–Crippen MR) is 173 cm³/mol. The molecule has 230 valence electrons. The van der Waals surface area contributed by atoms with Gasteiger partial charge in [0.1, 0.15) is 12.1 Å². The SMILES string of the molecule is COc1cc(N(C)C)ncn1.Cc1cnc(Nc2cc(C)n(C)n2)nc1-c1c[nH]c2c(NC(=O)CN3CCCC3)cccc12. The average molecular weight is 598 g/mol. The average Bonchev–Trinajstić information content (AvgIpc) is 3.75. The molecular formula is C31H39N11O2. The number of anilines is 4. The maximum Gasteiger partial charge on any atom is 0.238 e. The Kier molecular flexibility index (Phi) is 9.34. The van der Waals surface area contributed by atoms with Crippen molar-refractivity contribution in [2.45, 2.75) is 26.7 Å². The number of aromatic nitrogens is 7. The lowest BCUT2D eigenvalue weighted by Gasteiger charge is -2.14. The Labute approximate surface area is 256 Å². The molecule has 0 atom stereocenters. The van der Waals surface area contributed by atoms with Crippen LogP contribution >= 0.6 is 0 Å². The number of ether oxygens (including phenoxy) is 1. The number of aryl methyl sites for hydroxylation is 3. The van der Waals surface area contributed by atoms with Crippen LogP contribution in [0.4, 0.5) is 23.3 Å². The summed E-state index contributed by atoms with van der Waals surface area (Å²) in [7, 11) is 7.32. The van der Waals surface area contributed by atoms with E-state index in [4.69, 9.17) is 9.72 Å². The molecule has 1 aromatic carbocycles. The summed E-state index contributed by atoms with van der Waals surface area (Å²) in [5, 5.41) is 11.7. The number of carbonyl (C=O) groups excluding carboxylic acids is 1. The van der Waals surface area contributed by atoms with Gasteiger partial charge in [-0.1, -0.05) is 12.1 Å². The van der Waals surface area contributed by atoms with Gasteiger partial charge in [-0.15, -0.1) is 0 Å². The van der Waals surface area contributed by atoms with Crippen LogP contribution in [-0.2, 0) is 11.8 Å². The minimum Gasteiger partial charge on any atom is -0.481 e. The van der Waals surface area contributed by atoms with Crippen molar-refractivity contribution >= 4 is 40.1 Å². The van der Waals surface area contributed by atoms with Crippen LogP contribution in [0.3, 0.4) is 0 Å². The minimum absolute atomic E-state index is 0.0101. The van der Waals surface area contributed by atoms with Crippen LogP contribution in [0.1, 0.15) is 24.1 Å². The number of carbonyl (C=O) groups is 1. The van der Waals surface area contributed by atoms with Crippen molar-refractivity contribution in [1.82, 2.24) is 39.6 Å². The van der Waals surface area contributed by atoms with E-state index in [0.29, 0.717) is 24.2 Å². The quantitative estimate of drug-likeness (QED) is 0.237. The molecule has 1 saturated heterocycles. The number of hydrogen-bond acceptors (Lipinski definition) is 10. The normalized spacial score (nSPS) is 13.0. The summed E-state index contributed by atoms with van der Waals surface area (Å²) in [5.74, 6) is 2.63. The summed E-state index contributed by atoms with van der Waals surface area (Å²) in [4.78, 5) is 37.1. The second-order valence-corrected chi connectivity index (χ2v) is 10.9. The molecule has 1 aliphatic rings. The van der Waals surface area contributed by atoms with Crippen LogP contribution < -0.4 is 20.3 Å². The van der Waals surface area contributed by atoms with Crippen molar-refractivity contribution in [2.75, 3.05) is 56.4 Å². The molecule has 5 aromatic rings. The maximum absolute atomic E-state index is 12.6. The molecule has 0 unspecified atom stereocenters. The summed E-state index contributed by atoms with van der Waals surface area (Å²) in [5.41, 5.74) is 5.45. The van der Waals surface area contributed by atoms with Gasteiger partial charge in [-0.3, -0.25) is 14.4 Å². The molecule has 3 N–H and O–H groups in total. The van der Waals surface area contributed by atoms with E-state index in [1.54, 1.807) is 24.1 Å². The largest absolute Gasteiger partial charge is 0.481 e. The molecule has 0 radical (unpaired) electrons. The fourth-order valence-electron chi connectivity index (χ4n) is 4.99. The van der Waals surface area contributed by atoms with E-state index in [0.717, 1.165) is 70.9 Å². The lowest BCUT2D eigenvalue weighted by molar-refractivity contribution is -0.117. The lowest BCUT2D eigenvalue weighted by Crippen LogP contribution is -2.30. The Hall–Kier alpha value is -5.04. The molecule has 0 spiro atoms. The Morgan fingerprint density at radius 2 is 1.91 bits per heavy atom. The molecule has 0 aliphatic carbocycles. The van der Waals surface area contributed by atoms with Gasteiger partial charge in [-0.05, 0) is 51.4 Å². The van der Waals surface area contributed by atoms with Gasteiger partial charge in [0.25, 0.3) is 0 Å². The van der Waals surface area contributed by atoms with E-state index in [-0.39, 0.29) is 5.91 Å². The fourth-order valence-corrected chi connectivity index (χ4v) is 4.99. The molecule has 5 heterocycles. The standard InChI is InChI=1S/C24H28N8O.C7H11N3O/c1-15-12-26-24(28-20-11-16(2)31(3)30-20)29-22(15)18-13-25-23-17(18)7-6-8-19(23)27-21(33)14-32-9-4-5-10-32;1-10(2)6-4-7(11-3)9-5-8-6/h6-8,11-13,25H,4-5,9-10,14H2,1-3H3,(H,27,33)(H,26,28,29,30);4-5H,1-3H3. The zero-order valence-corrected chi connectivity index (χ0v) is 26.0. The van der Waals surface area contributed by atoms with E-state index < -0.39 is 0 Å². The monoisotopic (exact) mass is 597 g/mol. The Morgan fingerprint density at radius 3 is 2.61 bits per heavy atom. The highest BCUT2D eigenvalue weighted by Crippen LogP contribution is 2.33. The molecular weight excluding hydrogens is 558 g/mol. The first kappa shape index (κ1) is 30.4. The third-order valence-electron chi connectivity index (χ3n) is 7.43. The third kappa shape index (κ3) is 7.11. The number of benzene rings is 1. The number of amides is 1. The van der Waals surface area contributed by atoms with Crippen molar-refractivity contribution in [3.05, 3.63) is 60.3 Å². The van der Waals surface area contributed by atoms with Gasteiger partial charge in [0, 0.05) is 62.3 Å². The third-order valence-corrected chi connectivity index (χ3v) is 7.43. The Bertz CT molecular complexity index is 1720. The van der Waals surface area contributed by atoms with Gasteiger partial charge < -0.3 is 25.3 Å². The molecule has 1 amide bonds. The van der Waals surface area contributed by atoms with E-state index in [1.807, 2.05) is 70.4 Å². The lowest BCUT2D eigenvalue weighted by atomic mass is 10.1. The first-order chi connectivity index (χ1) is 21.2. The second-order valence-electron chi connectivity index (χ2n) is 10.9. The number of rotatable bonds is 8. The summed E-state index contributed by atoms with van der Waals surface area (Å²) < 4.78 is 6.73. The molecule has 1 aliphatic heterocycles. The zero-order chi connectivity index (χ0) is 31.2. The summed E-state index contributed by atoms with van der Waals surface area (Å²) in [6.07, 6.45) is 7.55. The molecule has 6 rings (SSSR count). The number of nitrogens with one attached hydrogen (secondary N) is 3. The molecule has 13 heteroatoms. The zero-order valence-electron chi connectivity index (χ0n) is 26.0. The minimum atomic E-state index is 0.0101. The number of hydrogen-bond donors (Lipinski definition) is 3. The highest BCUT2D eigenvalue weighted by molar-refractivity contribution is 6.06. The van der Waals surface area contributed by atoms with Crippen LogP contribution in [-0.4, -0.2) is 86.3 Å². The van der Waals surface area contributed by atoms with Crippen LogP contribution in [0.2, 0.25) is 0 Å². The molecule has 0 saturated carbocycles. The van der Waals surface area contributed by atoms with Crippen LogP contribution in [0, 0.1) is 13.8 Å². The van der Waals surface area contributed by atoms with E-state index in [9.17, 15) is 4.79 Å². The van der Waals surface area contributed by atoms with E-state index in [1.165, 1.54) is 6.33 Å². The number of aromatic amines is 1. The summed E-state index contributed by atoms with van der Waals surface area (Å²) in [6.45, 7) is 6.39. The van der Waals surface area contributed by atoms with Crippen LogP contribution in [0.25, 0.3) is 22.2 Å².